The zero-order valence-electron chi connectivity index (χ0n) is 8.59. The quantitative estimate of drug-likeness (QED) is 0.614. The number of rotatable bonds is 6. The smallest absolute Gasteiger partial charge is 0.0340 e. The molecular formula is C12H19N. The van der Waals surface area contributed by atoms with E-state index in [9.17, 15) is 0 Å². The summed E-state index contributed by atoms with van der Waals surface area (Å²) in [6, 6.07) is 0. The van der Waals surface area contributed by atoms with Crippen molar-refractivity contribution in [1.29, 1.82) is 0 Å². The van der Waals surface area contributed by atoms with Crippen LogP contribution in [0.3, 0.4) is 0 Å². The summed E-state index contributed by atoms with van der Waals surface area (Å²) in [6.07, 6.45) is 12.9. The third kappa shape index (κ3) is 7.13. The van der Waals surface area contributed by atoms with Gasteiger partial charge in [-0.25, -0.2) is 0 Å². The van der Waals surface area contributed by atoms with E-state index in [1.54, 1.807) is 6.08 Å². The molecule has 0 radical (unpaired) electrons. The monoisotopic (exact) mass is 177 g/mol. The second-order valence-corrected chi connectivity index (χ2v) is 2.67. The molecule has 1 N–H and O–H groups in total. The van der Waals surface area contributed by atoms with Crippen LogP contribution in [-0.4, -0.2) is 6.54 Å². The van der Waals surface area contributed by atoms with E-state index in [2.05, 4.69) is 24.9 Å². The summed E-state index contributed by atoms with van der Waals surface area (Å²) in [5.74, 6) is 0. The second-order valence-electron chi connectivity index (χ2n) is 2.67. The third-order valence-electron chi connectivity index (χ3n) is 1.46. The third-order valence-corrected chi connectivity index (χ3v) is 1.46. The van der Waals surface area contributed by atoms with E-state index in [1.807, 2.05) is 31.2 Å². The van der Waals surface area contributed by atoms with Gasteiger partial charge in [0.1, 0.15) is 0 Å². The van der Waals surface area contributed by atoms with E-state index < -0.39 is 0 Å². The highest BCUT2D eigenvalue weighted by Crippen LogP contribution is 1.93. The van der Waals surface area contributed by atoms with Gasteiger partial charge in [-0.3, -0.25) is 0 Å². The lowest BCUT2D eigenvalue weighted by Gasteiger charge is -2.03. The van der Waals surface area contributed by atoms with Crippen LogP contribution in [0.2, 0.25) is 0 Å². The van der Waals surface area contributed by atoms with Crippen LogP contribution in [0, 0.1) is 0 Å². The Morgan fingerprint density at radius 1 is 1.38 bits per heavy atom. The molecule has 0 amide bonds. The van der Waals surface area contributed by atoms with Gasteiger partial charge in [0.25, 0.3) is 0 Å². The largest absolute Gasteiger partial charge is 0.385 e. The number of hydrogen-bond donors (Lipinski definition) is 1. The predicted molar refractivity (Wildman–Crippen MR) is 60.5 cm³/mol. The van der Waals surface area contributed by atoms with Crippen LogP contribution < -0.4 is 5.32 Å². The van der Waals surface area contributed by atoms with Crippen LogP contribution in [0.1, 0.15) is 20.3 Å². The molecule has 0 spiro atoms. The first-order valence-corrected chi connectivity index (χ1v) is 4.71. The molecule has 0 atom stereocenters. The summed E-state index contributed by atoms with van der Waals surface area (Å²) in [5, 5.41) is 3.31. The number of nitrogens with one attached hydrogen (secondary N) is 1. The molecule has 1 nitrogen and oxygen atoms in total. The molecule has 1 heteroatoms. The van der Waals surface area contributed by atoms with Crippen molar-refractivity contribution in [2.75, 3.05) is 6.54 Å². The summed E-state index contributed by atoms with van der Waals surface area (Å²) in [5.41, 5.74) is 1.12. The molecule has 13 heavy (non-hydrogen) atoms. The van der Waals surface area contributed by atoms with Crippen molar-refractivity contribution < 1.29 is 0 Å². The first-order chi connectivity index (χ1) is 6.35. The van der Waals surface area contributed by atoms with E-state index >= 15 is 0 Å². The van der Waals surface area contributed by atoms with Crippen LogP contribution in [0.25, 0.3) is 0 Å². The zero-order chi connectivity index (χ0) is 9.94. The fourth-order valence-electron chi connectivity index (χ4n) is 0.814. The molecule has 0 aliphatic rings. The van der Waals surface area contributed by atoms with Crippen LogP contribution in [-0.2, 0) is 0 Å². The van der Waals surface area contributed by atoms with Crippen LogP contribution in [0.15, 0.2) is 48.7 Å². The summed E-state index contributed by atoms with van der Waals surface area (Å²) in [7, 11) is 0. The lowest BCUT2D eigenvalue weighted by atomic mass is 10.3. The van der Waals surface area contributed by atoms with E-state index in [4.69, 9.17) is 0 Å². The zero-order valence-corrected chi connectivity index (χ0v) is 8.59. The molecule has 0 heterocycles. The van der Waals surface area contributed by atoms with Crippen molar-refractivity contribution in [3.05, 3.63) is 48.7 Å². The van der Waals surface area contributed by atoms with E-state index in [0.29, 0.717) is 0 Å². The van der Waals surface area contributed by atoms with Gasteiger partial charge < -0.3 is 5.32 Å². The fraction of sp³-hybridized carbons (Fsp3) is 0.333. The van der Waals surface area contributed by atoms with Crippen molar-refractivity contribution in [3.8, 4) is 0 Å². The Morgan fingerprint density at radius 2 is 2.15 bits per heavy atom. The van der Waals surface area contributed by atoms with Crippen LogP contribution >= 0.6 is 0 Å². The van der Waals surface area contributed by atoms with Gasteiger partial charge in [-0.15, -0.1) is 0 Å². The maximum atomic E-state index is 3.63. The Balaban J connectivity index is 4.17. The van der Waals surface area contributed by atoms with E-state index in [0.717, 1.165) is 18.7 Å². The van der Waals surface area contributed by atoms with Crippen molar-refractivity contribution in [2.24, 2.45) is 0 Å². The van der Waals surface area contributed by atoms with Gasteiger partial charge in [-0.2, -0.15) is 0 Å². The lowest BCUT2D eigenvalue weighted by molar-refractivity contribution is 0.784. The number of hydrogen-bond acceptors (Lipinski definition) is 1. The predicted octanol–water partition coefficient (Wildman–Crippen LogP) is 3.19. The maximum Gasteiger partial charge on any atom is 0.0340 e. The van der Waals surface area contributed by atoms with Crippen LogP contribution in [0.4, 0.5) is 0 Å². The Morgan fingerprint density at radius 3 is 2.69 bits per heavy atom. The molecule has 72 valence electrons. The van der Waals surface area contributed by atoms with E-state index in [1.165, 1.54) is 0 Å². The molecule has 0 unspecified atom stereocenters. The van der Waals surface area contributed by atoms with Gasteiger partial charge in [-0.1, -0.05) is 37.8 Å². The normalized spacial score (nSPS) is 12.6. The highest BCUT2D eigenvalue weighted by molar-refractivity contribution is 5.24. The maximum absolute atomic E-state index is 3.63. The summed E-state index contributed by atoms with van der Waals surface area (Å²) in [4.78, 5) is 0. The average molecular weight is 177 g/mol. The van der Waals surface area contributed by atoms with Crippen molar-refractivity contribution in [3.63, 3.8) is 0 Å². The summed E-state index contributed by atoms with van der Waals surface area (Å²) < 4.78 is 0. The summed E-state index contributed by atoms with van der Waals surface area (Å²) >= 11 is 0. The molecule has 0 aromatic heterocycles. The second kappa shape index (κ2) is 8.85. The molecule has 0 rings (SSSR count). The van der Waals surface area contributed by atoms with Gasteiger partial charge in [0, 0.05) is 12.2 Å². The Kier molecular flexibility index (Phi) is 8.01. The minimum absolute atomic E-state index is 1.00. The first-order valence-electron chi connectivity index (χ1n) is 4.71. The molecule has 0 aliphatic carbocycles. The standard InChI is InChI=1S/C12H19N/c1-4-7-9-12(10-8-5-2)13-11-6-3/h4-5,7-10,13H,1,6,11H2,2-3H3/b8-5-,9-7-,12-10+. The Labute approximate surface area is 81.5 Å². The molecule has 0 saturated carbocycles. The first kappa shape index (κ1) is 11.8. The number of allylic oxidation sites excluding steroid dienone is 6. The minimum Gasteiger partial charge on any atom is -0.385 e. The molecule has 0 aromatic rings. The average Bonchev–Trinajstić information content (AvgIpc) is 2.17. The van der Waals surface area contributed by atoms with Crippen LogP contribution in [0.5, 0.6) is 0 Å². The highest BCUT2D eigenvalue weighted by Gasteiger charge is 1.86. The van der Waals surface area contributed by atoms with Crippen molar-refractivity contribution >= 4 is 0 Å². The van der Waals surface area contributed by atoms with Gasteiger partial charge in [0.15, 0.2) is 0 Å². The van der Waals surface area contributed by atoms with Gasteiger partial charge in [0.05, 0.1) is 0 Å². The van der Waals surface area contributed by atoms with Gasteiger partial charge >= 0.3 is 0 Å². The molecule has 0 aromatic carbocycles. The minimum atomic E-state index is 1.00. The van der Waals surface area contributed by atoms with Crippen molar-refractivity contribution in [1.82, 2.24) is 5.32 Å². The fourth-order valence-corrected chi connectivity index (χ4v) is 0.814. The molecule has 0 fully saturated rings. The summed E-state index contributed by atoms with van der Waals surface area (Å²) in [6.45, 7) is 8.79. The molecule has 0 aliphatic heterocycles. The van der Waals surface area contributed by atoms with Crippen molar-refractivity contribution in [2.45, 2.75) is 20.3 Å². The Hall–Kier alpha value is -1.24. The molecule has 0 bridgehead atoms. The van der Waals surface area contributed by atoms with E-state index in [-0.39, 0.29) is 0 Å². The SMILES string of the molecule is C=C\C=C/C(=C\C=C/C)NCCC. The Bertz CT molecular complexity index is 209. The van der Waals surface area contributed by atoms with Gasteiger partial charge in [0.2, 0.25) is 0 Å². The topological polar surface area (TPSA) is 12.0 Å². The molecular weight excluding hydrogens is 158 g/mol. The highest BCUT2D eigenvalue weighted by atomic mass is 14.9. The van der Waals surface area contributed by atoms with Gasteiger partial charge in [-0.05, 0) is 25.5 Å². The lowest BCUT2D eigenvalue weighted by Crippen LogP contribution is -2.12. The molecule has 0 saturated heterocycles.